The van der Waals surface area contributed by atoms with Gasteiger partial charge in [-0.15, -0.1) is 0 Å². The molecule has 6 heteroatoms. The average Bonchev–Trinajstić information content (AvgIpc) is 3.04. The zero-order chi connectivity index (χ0) is 16.9. The van der Waals surface area contributed by atoms with Crippen molar-refractivity contribution < 1.29 is 14.0 Å². The lowest BCUT2D eigenvalue weighted by Crippen LogP contribution is -2.44. The molecule has 1 aromatic carbocycles. The van der Waals surface area contributed by atoms with Crippen LogP contribution in [0.5, 0.6) is 0 Å². The van der Waals surface area contributed by atoms with Crippen LogP contribution in [0.1, 0.15) is 23.0 Å². The fourth-order valence-electron chi connectivity index (χ4n) is 2.27. The van der Waals surface area contributed by atoms with Gasteiger partial charge in [0.25, 0.3) is 5.91 Å². The lowest BCUT2D eigenvalue weighted by Gasteiger charge is -2.13. The van der Waals surface area contributed by atoms with Crippen LogP contribution in [0.15, 0.2) is 59.3 Å². The third-order valence-corrected chi connectivity index (χ3v) is 3.61. The van der Waals surface area contributed by atoms with Gasteiger partial charge in [0.15, 0.2) is 5.76 Å². The Morgan fingerprint density at radius 3 is 2.67 bits per heavy atom. The Kier molecular flexibility index (Phi) is 4.56. The Labute approximate surface area is 138 Å². The van der Waals surface area contributed by atoms with E-state index in [1.54, 1.807) is 31.5 Å². The van der Waals surface area contributed by atoms with Crippen LogP contribution in [0, 0.1) is 0 Å². The number of furan rings is 1. The minimum absolute atomic E-state index is 0.185. The first-order valence-electron chi connectivity index (χ1n) is 7.59. The lowest BCUT2D eigenvalue weighted by molar-refractivity contribution is -0.122. The number of fused-ring (bicyclic) bond motifs is 1. The number of hydrogen-bond acceptors (Lipinski definition) is 4. The van der Waals surface area contributed by atoms with E-state index in [-0.39, 0.29) is 11.7 Å². The number of hydrogen-bond donors (Lipinski definition) is 2. The summed E-state index contributed by atoms with van der Waals surface area (Å²) < 4.78 is 5.49. The van der Waals surface area contributed by atoms with Crippen LogP contribution >= 0.6 is 0 Å². The summed E-state index contributed by atoms with van der Waals surface area (Å²) in [6.07, 6.45) is 3.32. The average molecular weight is 323 g/mol. The molecule has 1 atom stereocenters. The maximum Gasteiger partial charge on any atom is 0.287 e. The number of carbonyl (C=O) groups excluding carboxylic acids is 2. The molecule has 0 bridgehead atoms. The number of para-hydroxylation sites is 1. The summed E-state index contributed by atoms with van der Waals surface area (Å²) in [4.78, 5) is 28.2. The lowest BCUT2D eigenvalue weighted by atomic mass is 10.2. The summed E-state index contributed by atoms with van der Waals surface area (Å²) in [6.45, 7) is 2.01. The van der Waals surface area contributed by atoms with Crippen LogP contribution in [0.25, 0.3) is 11.0 Å². The van der Waals surface area contributed by atoms with Crippen molar-refractivity contribution in [2.24, 2.45) is 0 Å². The van der Waals surface area contributed by atoms with Crippen molar-refractivity contribution in [1.29, 1.82) is 0 Å². The van der Waals surface area contributed by atoms with Crippen molar-refractivity contribution in [1.82, 2.24) is 15.6 Å². The highest BCUT2D eigenvalue weighted by Gasteiger charge is 2.19. The molecule has 3 rings (SSSR count). The van der Waals surface area contributed by atoms with Gasteiger partial charge in [-0.2, -0.15) is 0 Å². The van der Waals surface area contributed by atoms with Crippen molar-refractivity contribution in [2.45, 2.75) is 19.5 Å². The van der Waals surface area contributed by atoms with Gasteiger partial charge in [0.1, 0.15) is 11.6 Å². The molecule has 1 unspecified atom stereocenters. The molecular formula is C18H17N3O3. The second-order valence-corrected chi connectivity index (χ2v) is 5.42. The summed E-state index contributed by atoms with van der Waals surface area (Å²) in [6, 6.07) is 12.0. The standard InChI is InChI=1S/C18H17N3O3/c1-12(17(22)20-11-13-6-8-19-9-7-13)21-18(23)16-10-14-4-2-3-5-15(14)24-16/h2-10,12H,11H2,1H3,(H,20,22)(H,21,23). The van der Waals surface area contributed by atoms with E-state index in [0.29, 0.717) is 12.1 Å². The summed E-state index contributed by atoms with van der Waals surface area (Å²) >= 11 is 0. The van der Waals surface area contributed by atoms with Crippen molar-refractivity contribution in [2.75, 3.05) is 0 Å². The molecule has 24 heavy (non-hydrogen) atoms. The number of nitrogens with zero attached hydrogens (tertiary/aromatic N) is 1. The minimum Gasteiger partial charge on any atom is -0.451 e. The molecule has 2 N–H and O–H groups in total. The summed E-state index contributed by atoms with van der Waals surface area (Å²) in [5.41, 5.74) is 1.58. The second kappa shape index (κ2) is 6.95. The largest absolute Gasteiger partial charge is 0.451 e. The van der Waals surface area contributed by atoms with Gasteiger partial charge >= 0.3 is 0 Å². The predicted molar refractivity (Wildman–Crippen MR) is 89.2 cm³/mol. The van der Waals surface area contributed by atoms with Crippen molar-refractivity contribution >= 4 is 22.8 Å². The van der Waals surface area contributed by atoms with E-state index in [2.05, 4.69) is 15.6 Å². The Morgan fingerprint density at radius 2 is 1.92 bits per heavy atom. The highest BCUT2D eigenvalue weighted by molar-refractivity contribution is 5.98. The molecule has 2 amide bonds. The Hall–Kier alpha value is -3.15. The highest BCUT2D eigenvalue weighted by Crippen LogP contribution is 2.18. The quantitative estimate of drug-likeness (QED) is 0.754. The predicted octanol–water partition coefficient (Wildman–Crippen LogP) is 2.26. The normalized spacial score (nSPS) is 11.9. The zero-order valence-corrected chi connectivity index (χ0v) is 13.2. The van der Waals surface area contributed by atoms with E-state index in [4.69, 9.17) is 4.42 Å². The van der Waals surface area contributed by atoms with Gasteiger partial charge in [-0.05, 0) is 36.8 Å². The molecule has 0 radical (unpaired) electrons. The monoisotopic (exact) mass is 323 g/mol. The molecule has 0 aliphatic rings. The topological polar surface area (TPSA) is 84.2 Å². The second-order valence-electron chi connectivity index (χ2n) is 5.42. The number of pyridine rings is 1. The van der Waals surface area contributed by atoms with Gasteiger partial charge in [0.05, 0.1) is 0 Å². The van der Waals surface area contributed by atoms with Crippen LogP contribution in [-0.2, 0) is 11.3 Å². The van der Waals surface area contributed by atoms with Crippen LogP contribution < -0.4 is 10.6 Å². The van der Waals surface area contributed by atoms with Crippen LogP contribution in [-0.4, -0.2) is 22.8 Å². The number of amides is 2. The maximum atomic E-state index is 12.2. The van der Waals surface area contributed by atoms with Gasteiger partial charge in [-0.3, -0.25) is 14.6 Å². The first-order valence-corrected chi connectivity index (χ1v) is 7.59. The molecule has 122 valence electrons. The highest BCUT2D eigenvalue weighted by atomic mass is 16.3. The molecule has 2 aromatic heterocycles. The summed E-state index contributed by atoms with van der Waals surface area (Å²) in [5.74, 6) is -0.501. The van der Waals surface area contributed by atoms with E-state index >= 15 is 0 Å². The number of nitrogens with one attached hydrogen (secondary N) is 2. The first kappa shape index (κ1) is 15.7. The van der Waals surface area contributed by atoms with E-state index < -0.39 is 11.9 Å². The number of carbonyl (C=O) groups is 2. The summed E-state index contributed by atoms with van der Waals surface area (Å²) in [5, 5.41) is 6.25. The fraction of sp³-hybridized carbons (Fsp3) is 0.167. The SMILES string of the molecule is CC(NC(=O)c1cc2ccccc2o1)C(=O)NCc1ccncc1. The zero-order valence-electron chi connectivity index (χ0n) is 13.2. The Bertz CT molecular complexity index is 825. The third-order valence-electron chi connectivity index (χ3n) is 3.61. The van der Waals surface area contributed by atoms with E-state index in [9.17, 15) is 9.59 Å². The molecule has 0 saturated carbocycles. The third kappa shape index (κ3) is 3.60. The van der Waals surface area contributed by atoms with Crippen LogP contribution in [0.3, 0.4) is 0 Å². The molecular weight excluding hydrogens is 306 g/mol. The number of rotatable bonds is 5. The molecule has 2 heterocycles. The van der Waals surface area contributed by atoms with E-state index in [1.165, 1.54) is 0 Å². The molecule has 0 aliphatic carbocycles. The number of benzene rings is 1. The molecule has 6 nitrogen and oxygen atoms in total. The summed E-state index contributed by atoms with van der Waals surface area (Å²) in [7, 11) is 0. The molecule has 0 fully saturated rings. The van der Waals surface area contributed by atoms with Gasteiger partial charge in [0.2, 0.25) is 5.91 Å². The van der Waals surface area contributed by atoms with Gasteiger partial charge in [-0.1, -0.05) is 18.2 Å². The van der Waals surface area contributed by atoms with Crippen molar-refractivity contribution in [3.05, 3.63) is 66.2 Å². The van der Waals surface area contributed by atoms with Crippen LogP contribution in [0.4, 0.5) is 0 Å². The van der Waals surface area contributed by atoms with Crippen molar-refractivity contribution in [3.63, 3.8) is 0 Å². The Morgan fingerprint density at radius 1 is 1.17 bits per heavy atom. The Balaban J connectivity index is 1.58. The molecule has 0 saturated heterocycles. The van der Waals surface area contributed by atoms with Gasteiger partial charge in [0, 0.05) is 24.3 Å². The molecule has 0 spiro atoms. The molecule has 3 aromatic rings. The van der Waals surface area contributed by atoms with Crippen LogP contribution in [0.2, 0.25) is 0 Å². The van der Waals surface area contributed by atoms with Gasteiger partial charge in [-0.25, -0.2) is 0 Å². The maximum absolute atomic E-state index is 12.2. The molecule has 0 aliphatic heterocycles. The first-order chi connectivity index (χ1) is 11.6. The minimum atomic E-state index is -0.674. The smallest absolute Gasteiger partial charge is 0.287 e. The van der Waals surface area contributed by atoms with Crippen molar-refractivity contribution in [3.8, 4) is 0 Å². The van der Waals surface area contributed by atoms with Gasteiger partial charge < -0.3 is 15.1 Å². The van der Waals surface area contributed by atoms with E-state index in [1.807, 2.05) is 30.3 Å². The fourth-order valence-corrected chi connectivity index (χ4v) is 2.27. The number of aromatic nitrogens is 1. The van der Waals surface area contributed by atoms with E-state index in [0.717, 1.165) is 10.9 Å².